The number of benzene rings is 2. The summed E-state index contributed by atoms with van der Waals surface area (Å²) in [6.07, 6.45) is 2.99. The number of nitrogens with zero attached hydrogens (tertiary/aromatic N) is 3. The van der Waals surface area contributed by atoms with Crippen LogP contribution in [0.1, 0.15) is 27.0 Å². The maximum atomic E-state index is 12.1. The number of ether oxygens (including phenoxy) is 1. The van der Waals surface area contributed by atoms with Crippen LogP contribution in [0.25, 0.3) is 0 Å². The fourth-order valence-electron chi connectivity index (χ4n) is 2.48. The van der Waals surface area contributed by atoms with E-state index in [1.54, 1.807) is 30.3 Å². The van der Waals surface area contributed by atoms with Gasteiger partial charge in [-0.05, 0) is 67.8 Å². The molecule has 0 aliphatic heterocycles. The molecule has 2 aromatic carbocycles. The Bertz CT molecular complexity index is 1140. The van der Waals surface area contributed by atoms with Crippen molar-refractivity contribution < 1.29 is 9.53 Å². The first-order chi connectivity index (χ1) is 14.5. The fraction of sp³-hybridized carbons (Fsp3) is 0.0476. The van der Waals surface area contributed by atoms with Gasteiger partial charge in [0, 0.05) is 11.8 Å². The number of halogens is 3. The lowest BCUT2D eigenvalue weighted by molar-refractivity contribution is 0.0955. The lowest BCUT2D eigenvalue weighted by Gasteiger charge is -2.12. The van der Waals surface area contributed by atoms with Gasteiger partial charge < -0.3 is 4.74 Å². The maximum absolute atomic E-state index is 12.1. The van der Waals surface area contributed by atoms with Crippen molar-refractivity contribution in [3.63, 3.8) is 0 Å². The molecule has 0 bridgehead atoms. The summed E-state index contributed by atoms with van der Waals surface area (Å²) < 4.78 is 7.26. The van der Waals surface area contributed by atoms with E-state index in [1.807, 2.05) is 18.2 Å². The molecular weight excluding hydrogens is 536 g/mol. The van der Waals surface area contributed by atoms with Gasteiger partial charge in [-0.25, -0.2) is 10.4 Å². The zero-order valence-electron chi connectivity index (χ0n) is 15.3. The van der Waals surface area contributed by atoms with Crippen LogP contribution in [-0.4, -0.2) is 17.1 Å². The Morgan fingerprint density at radius 1 is 1.23 bits per heavy atom. The molecule has 0 aliphatic carbocycles. The van der Waals surface area contributed by atoms with Crippen molar-refractivity contribution in [2.75, 3.05) is 0 Å². The first kappa shape index (κ1) is 22.0. The normalized spacial score (nSPS) is 10.6. The topological polar surface area (TPSA) is 87.4 Å². The molecule has 9 heteroatoms. The van der Waals surface area contributed by atoms with Crippen molar-refractivity contribution in [3.05, 3.63) is 91.1 Å². The summed E-state index contributed by atoms with van der Waals surface area (Å²) in [6.45, 7) is 0.246. The van der Waals surface area contributed by atoms with Crippen LogP contribution in [0.5, 0.6) is 5.75 Å². The van der Waals surface area contributed by atoms with E-state index in [1.165, 1.54) is 12.4 Å². The van der Waals surface area contributed by atoms with Crippen molar-refractivity contribution in [2.24, 2.45) is 5.10 Å². The van der Waals surface area contributed by atoms with Crippen LogP contribution >= 0.6 is 43.5 Å². The zero-order chi connectivity index (χ0) is 21.5. The lowest BCUT2D eigenvalue weighted by Crippen LogP contribution is -2.18. The highest BCUT2D eigenvalue weighted by Crippen LogP contribution is 2.35. The SMILES string of the molecule is N#Cc1ccccc1COc1c(Br)cc(C=NNC(=O)c2cccnc2Cl)cc1Br. The number of carbonyl (C=O) groups excluding carboxylic acids is 1. The van der Waals surface area contributed by atoms with Crippen molar-refractivity contribution in [1.29, 1.82) is 5.26 Å². The number of aromatic nitrogens is 1. The Hall–Kier alpha value is -2.73. The molecule has 1 amide bonds. The van der Waals surface area contributed by atoms with Crippen LogP contribution in [0.15, 0.2) is 68.8 Å². The minimum absolute atomic E-state index is 0.107. The highest BCUT2D eigenvalue weighted by atomic mass is 79.9. The molecule has 3 aromatic rings. The van der Waals surface area contributed by atoms with Gasteiger partial charge in [0.2, 0.25) is 0 Å². The van der Waals surface area contributed by atoms with Gasteiger partial charge in [0.05, 0.1) is 32.4 Å². The third kappa shape index (κ3) is 5.45. The monoisotopic (exact) mass is 546 g/mol. The summed E-state index contributed by atoms with van der Waals surface area (Å²) in [4.78, 5) is 16.0. The standard InChI is InChI=1S/C21H13Br2ClN4O2/c22-17-8-13(11-27-28-21(29)16-6-3-7-26-20(16)24)9-18(23)19(17)30-12-15-5-2-1-4-14(15)10-25/h1-9,11H,12H2,(H,28,29). The molecule has 6 nitrogen and oxygen atoms in total. The Labute approximate surface area is 194 Å². The Kier molecular flexibility index (Phi) is 7.57. The van der Waals surface area contributed by atoms with Gasteiger partial charge in [0.15, 0.2) is 0 Å². The molecule has 0 spiro atoms. The predicted octanol–water partition coefficient (Wildman–Crippen LogP) is 5.47. The summed E-state index contributed by atoms with van der Waals surface area (Å²) in [5.74, 6) is 0.129. The minimum atomic E-state index is -0.460. The molecule has 0 saturated carbocycles. The van der Waals surface area contributed by atoms with Crippen LogP contribution in [0, 0.1) is 11.3 Å². The molecule has 150 valence electrons. The molecular formula is C21H13Br2ClN4O2. The van der Waals surface area contributed by atoms with Crippen LogP contribution in [0.3, 0.4) is 0 Å². The second-order valence-corrected chi connectivity index (χ2v) is 7.98. The number of nitriles is 1. The Balaban J connectivity index is 1.68. The van der Waals surface area contributed by atoms with Crippen LogP contribution in [-0.2, 0) is 6.61 Å². The van der Waals surface area contributed by atoms with E-state index in [0.29, 0.717) is 20.3 Å². The molecule has 0 aliphatic rings. The number of carbonyl (C=O) groups is 1. The van der Waals surface area contributed by atoms with E-state index in [4.69, 9.17) is 16.3 Å². The molecule has 0 unspecified atom stereocenters. The van der Waals surface area contributed by atoms with E-state index in [2.05, 4.69) is 53.4 Å². The molecule has 1 N–H and O–H groups in total. The lowest BCUT2D eigenvalue weighted by atomic mass is 10.1. The second kappa shape index (κ2) is 10.3. The Morgan fingerprint density at radius 2 is 1.97 bits per heavy atom. The van der Waals surface area contributed by atoms with E-state index < -0.39 is 5.91 Å². The summed E-state index contributed by atoms with van der Waals surface area (Å²) in [7, 11) is 0. The van der Waals surface area contributed by atoms with E-state index in [9.17, 15) is 10.1 Å². The largest absolute Gasteiger partial charge is 0.486 e. The van der Waals surface area contributed by atoms with Crippen molar-refractivity contribution in [2.45, 2.75) is 6.61 Å². The highest BCUT2D eigenvalue weighted by Gasteiger charge is 2.11. The van der Waals surface area contributed by atoms with Crippen molar-refractivity contribution in [3.8, 4) is 11.8 Å². The summed E-state index contributed by atoms with van der Waals surface area (Å²) in [5, 5.41) is 13.3. The number of hydrogen-bond acceptors (Lipinski definition) is 5. The number of amides is 1. The molecule has 1 heterocycles. The average molecular weight is 549 g/mol. The number of pyridine rings is 1. The first-order valence-corrected chi connectivity index (χ1v) is 10.5. The molecule has 0 radical (unpaired) electrons. The van der Waals surface area contributed by atoms with Gasteiger partial charge in [-0.15, -0.1) is 0 Å². The summed E-state index contributed by atoms with van der Waals surface area (Å²) in [5.41, 5.74) is 4.73. The number of rotatable bonds is 6. The van der Waals surface area contributed by atoms with Gasteiger partial charge in [-0.2, -0.15) is 10.4 Å². The third-order valence-electron chi connectivity index (χ3n) is 3.91. The van der Waals surface area contributed by atoms with Gasteiger partial charge in [-0.1, -0.05) is 29.8 Å². The van der Waals surface area contributed by atoms with Crippen molar-refractivity contribution in [1.82, 2.24) is 10.4 Å². The molecule has 1 aromatic heterocycles. The predicted molar refractivity (Wildman–Crippen MR) is 122 cm³/mol. The number of hydrazone groups is 1. The number of nitrogens with one attached hydrogen (secondary N) is 1. The summed E-state index contributed by atoms with van der Waals surface area (Å²) in [6, 6.07) is 16.2. The fourth-order valence-corrected chi connectivity index (χ4v) is 4.13. The van der Waals surface area contributed by atoms with E-state index in [0.717, 1.165) is 11.1 Å². The van der Waals surface area contributed by atoms with Crippen LogP contribution in [0.4, 0.5) is 0 Å². The highest BCUT2D eigenvalue weighted by molar-refractivity contribution is 9.11. The Morgan fingerprint density at radius 3 is 2.67 bits per heavy atom. The number of hydrogen-bond donors (Lipinski definition) is 1. The quantitative estimate of drug-likeness (QED) is 0.251. The first-order valence-electron chi connectivity index (χ1n) is 8.53. The minimum Gasteiger partial charge on any atom is -0.486 e. The van der Waals surface area contributed by atoms with Gasteiger partial charge in [-0.3, -0.25) is 4.79 Å². The average Bonchev–Trinajstić information content (AvgIpc) is 2.73. The van der Waals surface area contributed by atoms with E-state index in [-0.39, 0.29) is 17.3 Å². The van der Waals surface area contributed by atoms with Gasteiger partial charge >= 0.3 is 0 Å². The molecule has 0 saturated heterocycles. The summed E-state index contributed by atoms with van der Waals surface area (Å²) >= 11 is 12.9. The maximum Gasteiger partial charge on any atom is 0.274 e. The van der Waals surface area contributed by atoms with Gasteiger partial charge in [0.1, 0.15) is 17.5 Å². The van der Waals surface area contributed by atoms with E-state index >= 15 is 0 Å². The second-order valence-electron chi connectivity index (χ2n) is 5.91. The smallest absolute Gasteiger partial charge is 0.274 e. The molecule has 30 heavy (non-hydrogen) atoms. The third-order valence-corrected chi connectivity index (χ3v) is 5.39. The van der Waals surface area contributed by atoms with Crippen molar-refractivity contribution >= 4 is 55.6 Å². The molecule has 3 rings (SSSR count). The van der Waals surface area contributed by atoms with Gasteiger partial charge in [0.25, 0.3) is 5.91 Å². The zero-order valence-corrected chi connectivity index (χ0v) is 19.2. The van der Waals surface area contributed by atoms with Crippen LogP contribution in [0.2, 0.25) is 5.15 Å². The molecule has 0 atom stereocenters. The van der Waals surface area contributed by atoms with Crippen LogP contribution < -0.4 is 10.2 Å². The molecule has 0 fully saturated rings.